The van der Waals surface area contributed by atoms with Crippen molar-refractivity contribution in [3.63, 3.8) is 0 Å². The minimum Gasteiger partial charge on any atom is -0.487 e. The summed E-state index contributed by atoms with van der Waals surface area (Å²) in [6.45, 7) is 2.33. The van der Waals surface area contributed by atoms with E-state index in [4.69, 9.17) is 45.3 Å². The Morgan fingerprint density at radius 1 is 0.848 bits per heavy atom. The van der Waals surface area contributed by atoms with Gasteiger partial charge in [-0.25, -0.2) is 9.98 Å². The zero-order chi connectivity index (χ0) is 23.2. The summed E-state index contributed by atoms with van der Waals surface area (Å²) < 4.78 is 27.5. The summed E-state index contributed by atoms with van der Waals surface area (Å²) in [7, 11) is 4.98. The SMILES string of the molecule is COCCOc1cc2c(cc1OCCOC)C1=Nc3cc(Cl)ccc3C(CCOC)N1C=N2. The van der Waals surface area contributed by atoms with Crippen LogP contribution in [0, 0.1) is 0 Å². The lowest BCUT2D eigenvalue weighted by atomic mass is 9.96. The number of hydrogen-bond donors (Lipinski definition) is 0. The second-order valence-corrected chi connectivity index (χ2v) is 8.02. The first-order chi connectivity index (χ1) is 16.2. The van der Waals surface area contributed by atoms with E-state index in [-0.39, 0.29) is 6.04 Å². The van der Waals surface area contributed by atoms with Gasteiger partial charge in [-0.3, -0.25) is 0 Å². The molecule has 0 radical (unpaired) electrons. The van der Waals surface area contributed by atoms with Crippen LogP contribution in [-0.4, -0.2) is 71.4 Å². The molecule has 2 aromatic rings. The lowest BCUT2D eigenvalue weighted by Gasteiger charge is -2.37. The molecule has 4 rings (SSSR count). The first kappa shape index (κ1) is 23.5. The van der Waals surface area contributed by atoms with Gasteiger partial charge in [0.1, 0.15) is 19.0 Å². The van der Waals surface area contributed by atoms with Gasteiger partial charge in [0.25, 0.3) is 0 Å². The predicted molar refractivity (Wildman–Crippen MR) is 128 cm³/mol. The molecule has 2 aliphatic heterocycles. The van der Waals surface area contributed by atoms with Crippen molar-refractivity contribution in [1.29, 1.82) is 0 Å². The highest BCUT2D eigenvalue weighted by Gasteiger charge is 2.33. The van der Waals surface area contributed by atoms with Gasteiger partial charge in [-0.15, -0.1) is 0 Å². The van der Waals surface area contributed by atoms with Crippen LogP contribution in [0.1, 0.15) is 23.6 Å². The Morgan fingerprint density at radius 3 is 2.24 bits per heavy atom. The minimum atomic E-state index is 0.0251. The third-order valence-electron chi connectivity index (χ3n) is 5.47. The van der Waals surface area contributed by atoms with Gasteiger partial charge in [-0.1, -0.05) is 17.7 Å². The predicted octanol–water partition coefficient (Wildman–Crippen LogP) is 4.54. The Labute approximate surface area is 198 Å². The molecule has 0 amide bonds. The fourth-order valence-electron chi connectivity index (χ4n) is 3.88. The first-order valence-corrected chi connectivity index (χ1v) is 11.2. The number of halogens is 1. The maximum absolute atomic E-state index is 6.29. The van der Waals surface area contributed by atoms with Gasteiger partial charge in [-0.2, -0.15) is 0 Å². The maximum Gasteiger partial charge on any atom is 0.163 e. The van der Waals surface area contributed by atoms with Crippen molar-refractivity contribution >= 4 is 35.1 Å². The lowest BCUT2D eigenvalue weighted by Crippen LogP contribution is -2.39. The van der Waals surface area contributed by atoms with Crippen molar-refractivity contribution in [3.8, 4) is 11.5 Å². The molecule has 0 aliphatic carbocycles. The van der Waals surface area contributed by atoms with Gasteiger partial charge in [0.05, 0.1) is 37.0 Å². The normalized spacial score (nSPS) is 16.1. The Hall–Kier alpha value is -2.65. The van der Waals surface area contributed by atoms with Gasteiger partial charge >= 0.3 is 0 Å². The number of aliphatic imine (C=N–C) groups is 2. The second kappa shape index (κ2) is 11.0. The molecule has 176 valence electrons. The van der Waals surface area contributed by atoms with Crippen LogP contribution in [-0.2, 0) is 14.2 Å². The molecule has 1 atom stereocenters. The number of amidine groups is 1. The summed E-state index contributed by atoms with van der Waals surface area (Å²) in [6.07, 6.45) is 2.60. The Morgan fingerprint density at radius 2 is 1.55 bits per heavy atom. The Kier molecular flexibility index (Phi) is 7.82. The molecule has 0 saturated heterocycles. The van der Waals surface area contributed by atoms with Crippen molar-refractivity contribution in [3.05, 3.63) is 46.5 Å². The number of nitrogens with zero attached hydrogens (tertiary/aromatic N) is 3. The molecule has 2 aliphatic rings. The van der Waals surface area contributed by atoms with Gasteiger partial charge < -0.3 is 28.6 Å². The average Bonchev–Trinajstić information content (AvgIpc) is 2.82. The number of benzene rings is 2. The summed E-state index contributed by atoms with van der Waals surface area (Å²) in [6, 6.07) is 9.64. The van der Waals surface area contributed by atoms with Crippen LogP contribution < -0.4 is 9.47 Å². The number of hydrogen-bond acceptors (Lipinski definition) is 8. The highest BCUT2D eigenvalue weighted by Crippen LogP contribution is 2.44. The molecule has 0 aromatic heterocycles. The molecule has 2 aromatic carbocycles. The molecule has 0 fully saturated rings. The Balaban J connectivity index is 1.76. The number of methoxy groups -OCH3 is 3. The van der Waals surface area contributed by atoms with Crippen LogP contribution in [0.2, 0.25) is 5.02 Å². The van der Waals surface area contributed by atoms with Crippen LogP contribution in [0.5, 0.6) is 11.5 Å². The van der Waals surface area contributed by atoms with Crippen LogP contribution in [0.25, 0.3) is 0 Å². The van der Waals surface area contributed by atoms with E-state index >= 15 is 0 Å². The van der Waals surface area contributed by atoms with E-state index in [0.717, 1.165) is 34.8 Å². The van der Waals surface area contributed by atoms with E-state index in [1.54, 1.807) is 21.3 Å². The monoisotopic (exact) mass is 473 g/mol. The molecule has 33 heavy (non-hydrogen) atoms. The summed E-state index contributed by atoms with van der Waals surface area (Å²) in [5, 5.41) is 0.646. The van der Waals surface area contributed by atoms with Gasteiger partial charge in [0.2, 0.25) is 0 Å². The van der Waals surface area contributed by atoms with E-state index in [1.807, 2.05) is 36.7 Å². The molecule has 1 unspecified atom stereocenters. The number of rotatable bonds is 11. The standard InChI is InChI=1S/C24H28ClN3O5/c1-29-7-6-21-17-5-4-16(25)12-20(17)27-24-18-13-22(32-10-8-30-2)23(33-11-9-31-3)14-19(18)26-15-28(21)24/h4-5,12-15,21H,6-11H2,1-3H3. The summed E-state index contributed by atoms with van der Waals surface area (Å²) in [4.78, 5) is 11.8. The topological polar surface area (TPSA) is 74.1 Å². The van der Waals surface area contributed by atoms with E-state index < -0.39 is 0 Å². The Bertz CT molecular complexity index is 1040. The van der Waals surface area contributed by atoms with E-state index in [2.05, 4.69) is 4.90 Å². The highest BCUT2D eigenvalue weighted by molar-refractivity contribution is 6.31. The fourth-order valence-corrected chi connectivity index (χ4v) is 4.04. The van der Waals surface area contributed by atoms with Crippen LogP contribution >= 0.6 is 11.6 Å². The molecule has 0 saturated carbocycles. The third kappa shape index (κ3) is 5.14. The molecule has 0 bridgehead atoms. The smallest absolute Gasteiger partial charge is 0.163 e. The summed E-state index contributed by atoms with van der Waals surface area (Å²) >= 11 is 6.29. The van der Waals surface area contributed by atoms with Crippen molar-refractivity contribution < 1.29 is 23.7 Å². The van der Waals surface area contributed by atoms with Crippen LogP contribution in [0.4, 0.5) is 11.4 Å². The second-order valence-electron chi connectivity index (χ2n) is 7.59. The lowest BCUT2D eigenvalue weighted by molar-refractivity contribution is 0.132. The summed E-state index contributed by atoms with van der Waals surface area (Å²) in [5.41, 5.74) is 3.55. The molecular formula is C24H28ClN3O5. The molecular weight excluding hydrogens is 446 g/mol. The molecule has 9 heteroatoms. The molecule has 2 heterocycles. The summed E-state index contributed by atoms with van der Waals surface area (Å²) in [5.74, 6) is 1.99. The van der Waals surface area contributed by atoms with Gasteiger partial charge in [-0.05, 0) is 24.6 Å². The van der Waals surface area contributed by atoms with Gasteiger partial charge in [0.15, 0.2) is 11.5 Å². The van der Waals surface area contributed by atoms with Crippen LogP contribution in [0.15, 0.2) is 40.3 Å². The largest absolute Gasteiger partial charge is 0.487 e. The zero-order valence-corrected chi connectivity index (χ0v) is 19.8. The average molecular weight is 474 g/mol. The van der Waals surface area contributed by atoms with Crippen molar-refractivity contribution in [1.82, 2.24) is 4.90 Å². The quantitative estimate of drug-likeness (QED) is 0.446. The maximum atomic E-state index is 6.29. The molecule has 0 N–H and O–H groups in total. The van der Waals surface area contributed by atoms with E-state index in [0.29, 0.717) is 49.6 Å². The highest BCUT2D eigenvalue weighted by atomic mass is 35.5. The van der Waals surface area contributed by atoms with Crippen LogP contribution in [0.3, 0.4) is 0 Å². The molecule has 8 nitrogen and oxygen atoms in total. The fraction of sp³-hybridized carbons (Fsp3) is 0.417. The molecule has 0 spiro atoms. The third-order valence-corrected chi connectivity index (χ3v) is 5.70. The first-order valence-electron chi connectivity index (χ1n) is 10.8. The number of fused-ring (bicyclic) bond motifs is 4. The zero-order valence-electron chi connectivity index (χ0n) is 19.0. The van der Waals surface area contributed by atoms with E-state index in [1.165, 1.54) is 0 Å². The number of ether oxygens (including phenoxy) is 5. The van der Waals surface area contributed by atoms with Crippen molar-refractivity contribution in [2.45, 2.75) is 12.5 Å². The van der Waals surface area contributed by atoms with E-state index in [9.17, 15) is 0 Å². The van der Waals surface area contributed by atoms with Crippen molar-refractivity contribution in [2.75, 3.05) is 54.4 Å². The van der Waals surface area contributed by atoms with Gasteiger partial charge in [0, 0.05) is 50.2 Å². The minimum absolute atomic E-state index is 0.0251. The van der Waals surface area contributed by atoms with Crippen molar-refractivity contribution in [2.24, 2.45) is 9.98 Å².